The first kappa shape index (κ1) is 13.7. The second-order valence-corrected chi connectivity index (χ2v) is 5.69. The Kier molecular flexibility index (Phi) is 3.37. The van der Waals surface area contributed by atoms with Crippen LogP contribution in [0.15, 0.2) is 0 Å². The van der Waals surface area contributed by atoms with Crippen LogP contribution in [0.1, 0.15) is 0 Å². The van der Waals surface area contributed by atoms with E-state index >= 15 is 0 Å². The lowest BCUT2D eigenvalue weighted by Crippen LogP contribution is -2.57. The molecule has 1 unspecified atom stereocenters. The van der Waals surface area contributed by atoms with E-state index in [1.807, 2.05) is 0 Å². The van der Waals surface area contributed by atoms with Crippen molar-refractivity contribution in [1.29, 1.82) is 0 Å². The Balaban J connectivity index is 3.00. The highest BCUT2D eigenvalue weighted by Gasteiger charge is 2.49. The van der Waals surface area contributed by atoms with Crippen molar-refractivity contribution in [3.05, 3.63) is 0 Å². The molecule has 1 aliphatic heterocycles. The van der Waals surface area contributed by atoms with Crippen molar-refractivity contribution in [2.75, 3.05) is 18.1 Å². The molecule has 17 heavy (non-hydrogen) atoms. The van der Waals surface area contributed by atoms with Gasteiger partial charge in [-0.25, -0.2) is 13.2 Å². The van der Waals surface area contributed by atoms with Gasteiger partial charge in [-0.05, 0) is 0 Å². The first-order valence-electron chi connectivity index (χ1n) is 4.35. The van der Waals surface area contributed by atoms with Gasteiger partial charge in [-0.3, -0.25) is 4.79 Å². The molecule has 0 spiro atoms. The van der Waals surface area contributed by atoms with Gasteiger partial charge in [-0.1, -0.05) is 0 Å². The van der Waals surface area contributed by atoms with E-state index in [2.05, 4.69) is 0 Å². The number of halogens is 3. The third-order valence-corrected chi connectivity index (χ3v) is 3.85. The molecule has 1 fully saturated rings. The van der Waals surface area contributed by atoms with Gasteiger partial charge in [0.25, 0.3) is 0 Å². The molecule has 1 amide bonds. The smallest absolute Gasteiger partial charge is 0.471 e. The molecule has 0 aromatic carbocycles. The summed E-state index contributed by atoms with van der Waals surface area (Å²) in [6, 6.07) is -1.98. The number of hydrogen-bond donors (Lipinski definition) is 1. The van der Waals surface area contributed by atoms with Gasteiger partial charge < -0.3 is 10.0 Å². The van der Waals surface area contributed by atoms with Crippen molar-refractivity contribution in [3.63, 3.8) is 0 Å². The number of amides is 1. The lowest BCUT2D eigenvalue weighted by Gasteiger charge is -2.32. The average Bonchev–Trinajstić information content (AvgIpc) is 2.14. The Morgan fingerprint density at radius 3 is 2.24 bits per heavy atom. The molecule has 1 rings (SSSR count). The van der Waals surface area contributed by atoms with Crippen LogP contribution in [0.2, 0.25) is 0 Å². The van der Waals surface area contributed by atoms with Crippen molar-refractivity contribution in [3.8, 4) is 0 Å². The number of aliphatic carboxylic acids is 1. The lowest BCUT2D eigenvalue weighted by molar-refractivity contribution is -0.189. The van der Waals surface area contributed by atoms with Crippen molar-refractivity contribution in [1.82, 2.24) is 4.90 Å². The van der Waals surface area contributed by atoms with Crippen LogP contribution in [0.4, 0.5) is 13.2 Å². The normalized spacial score (nSPS) is 24.4. The number of carboxylic acids is 1. The Hall–Kier alpha value is -1.32. The number of carbonyl (C=O) groups excluding carboxylic acids is 1. The number of alkyl halides is 3. The van der Waals surface area contributed by atoms with Crippen LogP contribution in [0.5, 0.6) is 0 Å². The zero-order valence-electron chi connectivity index (χ0n) is 8.27. The standard InChI is InChI=1S/C7H8F3NO5S/c8-7(9,10)6(14)11-1-2-17(15,16)3-4(11)5(12)13/h4H,1-3H2,(H,12,13). The lowest BCUT2D eigenvalue weighted by atomic mass is 10.2. The van der Waals surface area contributed by atoms with Gasteiger partial charge in [-0.2, -0.15) is 13.2 Å². The van der Waals surface area contributed by atoms with Crippen molar-refractivity contribution < 1.29 is 36.3 Å². The van der Waals surface area contributed by atoms with Crippen molar-refractivity contribution in [2.45, 2.75) is 12.2 Å². The summed E-state index contributed by atoms with van der Waals surface area (Å²) >= 11 is 0. The maximum absolute atomic E-state index is 12.1. The summed E-state index contributed by atoms with van der Waals surface area (Å²) in [5, 5.41) is 8.63. The number of carboxylic acid groups (broad SMARTS) is 1. The minimum absolute atomic E-state index is 0.0311. The first-order chi connectivity index (χ1) is 7.54. The largest absolute Gasteiger partial charge is 0.480 e. The fourth-order valence-electron chi connectivity index (χ4n) is 1.42. The number of sulfone groups is 1. The van der Waals surface area contributed by atoms with Crippen LogP contribution in [0.25, 0.3) is 0 Å². The third kappa shape index (κ3) is 3.08. The summed E-state index contributed by atoms with van der Waals surface area (Å²) in [6.07, 6.45) is -5.21. The molecule has 6 nitrogen and oxygen atoms in total. The summed E-state index contributed by atoms with van der Waals surface area (Å²) in [6.45, 7) is -0.766. The van der Waals surface area contributed by atoms with Gasteiger partial charge in [0.1, 0.15) is 6.04 Å². The van der Waals surface area contributed by atoms with Gasteiger partial charge in [0.2, 0.25) is 0 Å². The van der Waals surface area contributed by atoms with E-state index in [1.165, 1.54) is 0 Å². The molecule has 1 aliphatic rings. The SMILES string of the molecule is O=C(O)C1CS(=O)(=O)CCN1C(=O)C(F)(F)F. The zero-order chi connectivity index (χ0) is 13.4. The summed E-state index contributed by atoms with van der Waals surface area (Å²) in [4.78, 5) is 21.6. The highest BCUT2D eigenvalue weighted by Crippen LogP contribution is 2.22. The topological polar surface area (TPSA) is 91.8 Å². The molecule has 10 heteroatoms. The average molecular weight is 275 g/mol. The van der Waals surface area contributed by atoms with E-state index in [0.29, 0.717) is 0 Å². The maximum atomic E-state index is 12.1. The van der Waals surface area contributed by atoms with Crippen LogP contribution in [0, 0.1) is 0 Å². The Morgan fingerprint density at radius 1 is 1.29 bits per heavy atom. The maximum Gasteiger partial charge on any atom is 0.471 e. The van der Waals surface area contributed by atoms with Crippen LogP contribution < -0.4 is 0 Å². The zero-order valence-corrected chi connectivity index (χ0v) is 9.08. The van der Waals surface area contributed by atoms with Gasteiger partial charge in [0.05, 0.1) is 11.5 Å². The minimum atomic E-state index is -5.21. The Morgan fingerprint density at radius 2 is 1.82 bits per heavy atom. The second-order valence-electron chi connectivity index (χ2n) is 3.46. The van der Waals surface area contributed by atoms with Gasteiger partial charge >= 0.3 is 18.1 Å². The molecule has 0 saturated carbocycles. The van der Waals surface area contributed by atoms with E-state index in [-0.39, 0.29) is 4.90 Å². The van der Waals surface area contributed by atoms with Crippen molar-refractivity contribution >= 4 is 21.7 Å². The first-order valence-corrected chi connectivity index (χ1v) is 6.18. The summed E-state index contributed by atoms with van der Waals surface area (Å²) < 4.78 is 58.6. The van der Waals surface area contributed by atoms with Crippen molar-refractivity contribution in [2.24, 2.45) is 0 Å². The molecule has 0 aromatic rings. The van der Waals surface area contributed by atoms with E-state index < -0.39 is 52.0 Å². The molecule has 0 aromatic heterocycles. The number of carbonyl (C=O) groups is 2. The van der Waals surface area contributed by atoms with Gasteiger partial charge in [0.15, 0.2) is 9.84 Å². The molecule has 0 bridgehead atoms. The summed E-state index contributed by atoms with van der Waals surface area (Å²) in [7, 11) is -3.73. The molecule has 1 heterocycles. The van der Waals surface area contributed by atoms with E-state index in [0.717, 1.165) is 0 Å². The van der Waals surface area contributed by atoms with Gasteiger partial charge in [-0.15, -0.1) is 0 Å². The van der Waals surface area contributed by atoms with Crippen LogP contribution in [-0.2, 0) is 19.4 Å². The fourth-order valence-corrected chi connectivity index (χ4v) is 2.86. The van der Waals surface area contributed by atoms with Crippen LogP contribution >= 0.6 is 0 Å². The number of rotatable bonds is 1. The number of nitrogens with zero attached hydrogens (tertiary/aromatic N) is 1. The van der Waals surface area contributed by atoms with E-state index in [1.54, 1.807) is 0 Å². The quantitative estimate of drug-likeness (QED) is 0.680. The molecule has 0 aliphatic carbocycles. The van der Waals surface area contributed by atoms with E-state index in [4.69, 9.17) is 5.11 Å². The third-order valence-electron chi connectivity index (χ3n) is 2.22. The van der Waals surface area contributed by atoms with Gasteiger partial charge in [0, 0.05) is 6.54 Å². The molecular formula is C7H8F3NO5S. The molecule has 1 saturated heterocycles. The second kappa shape index (κ2) is 4.17. The molecule has 1 atom stereocenters. The molecule has 1 N–H and O–H groups in total. The molecular weight excluding hydrogens is 267 g/mol. The highest BCUT2D eigenvalue weighted by atomic mass is 32.2. The minimum Gasteiger partial charge on any atom is -0.480 e. The van der Waals surface area contributed by atoms with Crippen LogP contribution in [-0.4, -0.2) is 60.6 Å². The Bertz CT molecular complexity index is 443. The fraction of sp³-hybridized carbons (Fsp3) is 0.714. The monoisotopic (exact) mass is 275 g/mol. The summed E-state index contributed by atoms with van der Waals surface area (Å²) in [5.41, 5.74) is 0. The number of hydrogen-bond acceptors (Lipinski definition) is 4. The Labute approximate surface area is 93.9 Å². The highest BCUT2D eigenvalue weighted by molar-refractivity contribution is 7.91. The van der Waals surface area contributed by atoms with E-state index in [9.17, 15) is 31.2 Å². The predicted molar refractivity (Wildman–Crippen MR) is 47.8 cm³/mol. The molecule has 0 radical (unpaired) electrons. The molecule has 98 valence electrons. The predicted octanol–water partition coefficient (Wildman–Crippen LogP) is -0.741. The summed E-state index contributed by atoms with van der Waals surface area (Å²) in [5.74, 6) is -5.77. The van der Waals surface area contributed by atoms with Crippen LogP contribution in [0.3, 0.4) is 0 Å².